The van der Waals surface area contributed by atoms with E-state index in [-0.39, 0.29) is 12.5 Å². The van der Waals surface area contributed by atoms with E-state index in [0.717, 1.165) is 0 Å². The van der Waals surface area contributed by atoms with Crippen LogP contribution in [-0.2, 0) is 4.79 Å². The highest BCUT2D eigenvalue weighted by molar-refractivity contribution is 5.88. The molecule has 0 aliphatic rings. The van der Waals surface area contributed by atoms with E-state index in [0.29, 0.717) is 24.6 Å². The van der Waals surface area contributed by atoms with Crippen molar-refractivity contribution >= 4 is 11.6 Å². The van der Waals surface area contributed by atoms with E-state index < -0.39 is 0 Å². The van der Waals surface area contributed by atoms with Crippen molar-refractivity contribution in [3.8, 4) is 5.88 Å². The molecule has 82 valence electrons. The molecule has 0 saturated heterocycles. The molecule has 1 aromatic heterocycles. The third-order valence-electron chi connectivity index (χ3n) is 1.61. The first-order valence-electron chi connectivity index (χ1n) is 4.69. The monoisotopic (exact) mass is 210 g/mol. The lowest BCUT2D eigenvalue weighted by atomic mass is 10.4. The minimum Gasteiger partial charge on any atom is -0.478 e. The van der Waals surface area contributed by atoms with Crippen molar-refractivity contribution in [3.63, 3.8) is 0 Å². The van der Waals surface area contributed by atoms with Crippen molar-refractivity contribution in [3.05, 3.63) is 18.3 Å². The van der Waals surface area contributed by atoms with Gasteiger partial charge >= 0.3 is 0 Å². The smallest absolute Gasteiger partial charge is 0.221 e. The molecule has 15 heavy (non-hydrogen) atoms. The molecule has 0 spiro atoms. The summed E-state index contributed by atoms with van der Waals surface area (Å²) in [5.74, 6) is 0.303. The zero-order valence-electron chi connectivity index (χ0n) is 8.56. The molecular formula is C10H14N2O3. The van der Waals surface area contributed by atoms with Gasteiger partial charge in [-0.3, -0.25) is 4.79 Å². The lowest BCUT2D eigenvalue weighted by Crippen LogP contribution is -2.06. The number of nitrogens with one attached hydrogen (secondary N) is 1. The van der Waals surface area contributed by atoms with Crippen LogP contribution < -0.4 is 10.1 Å². The molecule has 0 aliphatic heterocycles. The Labute approximate surface area is 88.1 Å². The van der Waals surface area contributed by atoms with Gasteiger partial charge in [0, 0.05) is 37.9 Å². The zero-order chi connectivity index (χ0) is 11.1. The van der Waals surface area contributed by atoms with Crippen molar-refractivity contribution in [1.82, 2.24) is 4.98 Å². The van der Waals surface area contributed by atoms with Gasteiger partial charge < -0.3 is 15.2 Å². The minimum atomic E-state index is -0.137. The summed E-state index contributed by atoms with van der Waals surface area (Å²) >= 11 is 0. The number of aliphatic hydroxyl groups excluding tert-OH is 1. The van der Waals surface area contributed by atoms with Crippen molar-refractivity contribution < 1.29 is 14.6 Å². The first-order chi connectivity index (χ1) is 7.22. The van der Waals surface area contributed by atoms with Crippen molar-refractivity contribution in [1.29, 1.82) is 0 Å². The number of amides is 1. The van der Waals surface area contributed by atoms with Crippen LogP contribution >= 0.6 is 0 Å². The molecule has 5 nitrogen and oxygen atoms in total. The van der Waals surface area contributed by atoms with Crippen LogP contribution in [-0.4, -0.2) is 29.2 Å². The Kier molecular flexibility index (Phi) is 4.56. The SMILES string of the molecule is CC(=O)Nc1ccnc(OCCCO)c1. The number of anilines is 1. The quantitative estimate of drug-likeness (QED) is 0.705. The summed E-state index contributed by atoms with van der Waals surface area (Å²) in [5.41, 5.74) is 0.650. The van der Waals surface area contributed by atoms with E-state index in [9.17, 15) is 4.79 Å². The van der Waals surface area contributed by atoms with Crippen LogP contribution in [0.4, 0.5) is 5.69 Å². The first kappa shape index (κ1) is 11.5. The van der Waals surface area contributed by atoms with Gasteiger partial charge in [0.25, 0.3) is 0 Å². The van der Waals surface area contributed by atoms with Gasteiger partial charge in [-0.25, -0.2) is 4.98 Å². The fraction of sp³-hybridized carbons (Fsp3) is 0.400. The molecular weight excluding hydrogens is 196 g/mol. The number of aliphatic hydroxyl groups is 1. The zero-order valence-corrected chi connectivity index (χ0v) is 8.56. The van der Waals surface area contributed by atoms with E-state index in [1.54, 1.807) is 18.3 Å². The standard InChI is InChI=1S/C10H14N2O3/c1-8(14)12-9-3-4-11-10(7-9)15-6-2-5-13/h3-4,7,13H,2,5-6H2,1H3,(H,11,12,14). The van der Waals surface area contributed by atoms with E-state index in [4.69, 9.17) is 9.84 Å². The maximum absolute atomic E-state index is 10.8. The highest BCUT2D eigenvalue weighted by atomic mass is 16.5. The third kappa shape index (κ3) is 4.42. The van der Waals surface area contributed by atoms with Gasteiger partial charge in [0.2, 0.25) is 11.8 Å². The van der Waals surface area contributed by atoms with Gasteiger partial charge in [-0.05, 0) is 6.07 Å². The summed E-state index contributed by atoms with van der Waals surface area (Å²) in [4.78, 5) is 14.7. The van der Waals surface area contributed by atoms with Gasteiger partial charge in [-0.1, -0.05) is 0 Å². The van der Waals surface area contributed by atoms with Crippen LogP contribution in [0.1, 0.15) is 13.3 Å². The van der Waals surface area contributed by atoms with E-state index in [1.807, 2.05) is 0 Å². The van der Waals surface area contributed by atoms with E-state index in [1.165, 1.54) is 6.92 Å². The van der Waals surface area contributed by atoms with Crippen LogP contribution in [0.25, 0.3) is 0 Å². The second-order valence-corrected chi connectivity index (χ2v) is 2.99. The molecule has 1 rings (SSSR count). The number of rotatable bonds is 5. The number of hydrogen-bond donors (Lipinski definition) is 2. The second kappa shape index (κ2) is 5.98. The van der Waals surface area contributed by atoms with Crippen LogP contribution in [0, 0.1) is 0 Å². The molecule has 2 N–H and O–H groups in total. The van der Waals surface area contributed by atoms with E-state index in [2.05, 4.69) is 10.3 Å². The topological polar surface area (TPSA) is 71.5 Å². The van der Waals surface area contributed by atoms with Crippen molar-refractivity contribution in [2.75, 3.05) is 18.5 Å². The summed E-state index contributed by atoms with van der Waals surface area (Å²) < 4.78 is 5.25. The normalized spacial score (nSPS) is 9.73. The van der Waals surface area contributed by atoms with Crippen molar-refractivity contribution in [2.24, 2.45) is 0 Å². The Morgan fingerprint density at radius 2 is 2.47 bits per heavy atom. The number of aromatic nitrogens is 1. The number of hydrogen-bond acceptors (Lipinski definition) is 4. The second-order valence-electron chi connectivity index (χ2n) is 2.99. The van der Waals surface area contributed by atoms with Crippen LogP contribution in [0.5, 0.6) is 5.88 Å². The maximum atomic E-state index is 10.8. The van der Waals surface area contributed by atoms with E-state index >= 15 is 0 Å². The molecule has 0 fully saturated rings. The number of nitrogens with zero attached hydrogens (tertiary/aromatic N) is 1. The Balaban J connectivity index is 2.53. The van der Waals surface area contributed by atoms with Gasteiger partial charge in [-0.15, -0.1) is 0 Å². The molecule has 0 bridgehead atoms. The van der Waals surface area contributed by atoms with Gasteiger partial charge in [0.05, 0.1) is 6.61 Å². The first-order valence-corrected chi connectivity index (χ1v) is 4.69. The fourth-order valence-electron chi connectivity index (χ4n) is 1.01. The van der Waals surface area contributed by atoms with Crippen LogP contribution in [0.3, 0.4) is 0 Å². The van der Waals surface area contributed by atoms with Gasteiger partial charge in [-0.2, -0.15) is 0 Å². The molecule has 1 heterocycles. The summed E-state index contributed by atoms with van der Waals surface area (Å²) in [6.45, 7) is 1.94. The number of ether oxygens (including phenoxy) is 1. The van der Waals surface area contributed by atoms with Crippen molar-refractivity contribution in [2.45, 2.75) is 13.3 Å². The predicted molar refractivity (Wildman–Crippen MR) is 55.7 cm³/mol. The summed E-state index contributed by atoms with van der Waals surface area (Å²) in [5, 5.41) is 11.2. The molecule has 5 heteroatoms. The lowest BCUT2D eigenvalue weighted by Gasteiger charge is -2.06. The number of pyridine rings is 1. The minimum absolute atomic E-state index is 0.0887. The molecule has 0 atom stereocenters. The Morgan fingerprint density at radius 1 is 1.67 bits per heavy atom. The number of carbonyl (C=O) groups is 1. The Morgan fingerprint density at radius 3 is 3.13 bits per heavy atom. The average Bonchev–Trinajstić information content (AvgIpc) is 2.18. The summed E-state index contributed by atoms with van der Waals surface area (Å²) in [6, 6.07) is 3.32. The lowest BCUT2D eigenvalue weighted by molar-refractivity contribution is -0.114. The third-order valence-corrected chi connectivity index (χ3v) is 1.61. The molecule has 0 aliphatic carbocycles. The number of carbonyl (C=O) groups excluding carboxylic acids is 1. The Bertz CT molecular complexity index is 328. The molecule has 0 radical (unpaired) electrons. The summed E-state index contributed by atoms with van der Waals surface area (Å²) in [7, 11) is 0. The van der Waals surface area contributed by atoms with Gasteiger partial charge in [0.15, 0.2) is 0 Å². The van der Waals surface area contributed by atoms with Crippen LogP contribution in [0.15, 0.2) is 18.3 Å². The highest BCUT2D eigenvalue weighted by Crippen LogP contribution is 2.13. The Hall–Kier alpha value is -1.62. The predicted octanol–water partition coefficient (Wildman–Crippen LogP) is 0.801. The molecule has 0 aromatic carbocycles. The fourth-order valence-corrected chi connectivity index (χ4v) is 1.01. The molecule has 1 aromatic rings. The molecule has 1 amide bonds. The van der Waals surface area contributed by atoms with Crippen LogP contribution in [0.2, 0.25) is 0 Å². The average molecular weight is 210 g/mol. The maximum Gasteiger partial charge on any atom is 0.221 e. The largest absolute Gasteiger partial charge is 0.478 e. The highest BCUT2D eigenvalue weighted by Gasteiger charge is 1.99. The molecule has 0 saturated carbocycles. The van der Waals surface area contributed by atoms with Gasteiger partial charge in [0.1, 0.15) is 0 Å². The summed E-state index contributed by atoms with van der Waals surface area (Å²) in [6.07, 6.45) is 2.12. The molecule has 0 unspecified atom stereocenters.